The monoisotopic (exact) mass is 306 g/mol. The minimum Gasteiger partial charge on any atom is -0.370 e. The van der Waals surface area contributed by atoms with Gasteiger partial charge < -0.3 is 15.0 Å². The Morgan fingerprint density at radius 2 is 2.32 bits per heavy atom. The van der Waals surface area contributed by atoms with Crippen LogP contribution < -0.4 is 5.32 Å². The summed E-state index contributed by atoms with van der Waals surface area (Å²) in [5, 5.41) is 3.37. The van der Waals surface area contributed by atoms with Crippen LogP contribution in [0, 0.1) is 11.7 Å². The van der Waals surface area contributed by atoms with Gasteiger partial charge in [-0.05, 0) is 44.0 Å². The molecule has 0 bridgehead atoms. The number of piperidine rings is 1. The molecule has 1 amide bonds. The van der Waals surface area contributed by atoms with Gasteiger partial charge in [-0.15, -0.1) is 0 Å². The maximum absolute atomic E-state index is 13.4. The van der Waals surface area contributed by atoms with Crippen LogP contribution in [0.3, 0.4) is 0 Å². The molecule has 22 heavy (non-hydrogen) atoms. The van der Waals surface area contributed by atoms with Crippen molar-refractivity contribution < 1.29 is 13.9 Å². The highest BCUT2D eigenvalue weighted by Gasteiger charge is 2.32. The highest BCUT2D eigenvalue weighted by Crippen LogP contribution is 2.26. The summed E-state index contributed by atoms with van der Waals surface area (Å²) in [6.45, 7) is 4.67. The molecule has 1 aromatic rings. The summed E-state index contributed by atoms with van der Waals surface area (Å²) in [5.74, 6) is 0.0530. The van der Waals surface area contributed by atoms with Crippen LogP contribution in [0.15, 0.2) is 24.3 Å². The van der Waals surface area contributed by atoms with E-state index in [1.54, 1.807) is 6.07 Å². The normalized spacial score (nSPS) is 29.4. The number of nitrogens with zero attached hydrogens (tertiary/aromatic N) is 1. The Labute approximate surface area is 130 Å². The summed E-state index contributed by atoms with van der Waals surface area (Å²) in [7, 11) is 0. The summed E-state index contributed by atoms with van der Waals surface area (Å²) >= 11 is 0. The van der Waals surface area contributed by atoms with E-state index in [0.717, 1.165) is 24.9 Å². The van der Waals surface area contributed by atoms with E-state index in [-0.39, 0.29) is 23.7 Å². The predicted molar refractivity (Wildman–Crippen MR) is 81.9 cm³/mol. The van der Waals surface area contributed by atoms with Crippen LogP contribution >= 0.6 is 0 Å². The van der Waals surface area contributed by atoms with Gasteiger partial charge in [0, 0.05) is 18.5 Å². The van der Waals surface area contributed by atoms with Crippen LogP contribution in [0.2, 0.25) is 0 Å². The zero-order chi connectivity index (χ0) is 15.5. The van der Waals surface area contributed by atoms with Crippen molar-refractivity contribution in [1.82, 2.24) is 10.2 Å². The summed E-state index contributed by atoms with van der Waals surface area (Å²) in [6.07, 6.45) is 1.55. The maximum Gasteiger partial charge on any atom is 0.225 e. The highest BCUT2D eigenvalue weighted by atomic mass is 19.1. The Hall–Kier alpha value is -1.46. The van der Waals surface area contributed by atoms with E-state index < -0.39 is 0 Å². The van der Waals surface area contributed by atoms with Crippen LogP contribution in [0.4, 0.5) is 4.39 Å². The molecule has 2 saturated heterocycles. The molecule has 1 aromatic carbocycles. The molecule has 0 saturated carbocycles. The number of amides is 1. The van der Waals surface area contributed by atoms with Crippen LogP contribution in [0.5, 0.6) is 0 Å². The maximum atomic E-state index is 13.4. The number of carbonyl (C=O) groups is 1. The zero-order valence-corrected chi connectivity index (χ0v) is 12.9. The quantitative estimate of drug-likeness (QED) is 0.910. The molecule has 2 heterocycles. The number of hydrogen-bond acceptors (Lipinski definition) is 3. The average molecular weight is 306 g/mol. The molecule has 5 heteroatoms. The number of morpholine rings is 1. The van der Waals surface area contributed by atoms with E-state index in [9.17, 15) is 9.18 Å². The van der Waals surface area contributed by atoms with E-state index in [0.29, 0.717) is 25.7 Å². The number of carbonyl (C=O) groups excluding carboxylic acids is 1. The van der Waals surface area contributed by atoms with E-state index in [2.05, 4.69) is 12.2 Å². The van der Waals surface area contributed by atoms with Gasteiger partial charge in [0.15, 0.2) is 0 Å². The Morgan fingerprint density at radius 1 is 1.45 bits per heavy atom. The van der Waals surface area contributed by atoms with Crippen molar-refractivity contribution in [3.05, 3.63) is 35.6 Å². The molecule has 2 aliphatic heterocycles. The molecule has 1 unspecified atom stereocenters. The van der Waals surface area contributed by atoms with Crippen molar-refractivity contribution in [2.75, 3.05) is 26.2 Å². The van der Waals surface area contributed by atoms with Crippen LogP contribution in [-0.2, 0) is 9.53 Å². The van der Waals surface area contributed by atoms with Crippen molar-refractivity contribution >= 4 is 5.91 Å². The van der Waals surface area contributed by atoms with Crippen LogP contribution in [0.25, 0.3) is 0 Å². The molecular formula is C17H23FN2O2. The van der Waals surface area contributed by atoms with Gasteiger partial charge in [-0.25, -0.2) is 4.39 Å². The second kappa shape index (κ2) is 6.75. The number of ether oxygens (including phenoxy) is 1. The number of hydrogen-bond donors (Lipinski definition) is 1. The molecule has 0 aliphatic carbocycles. The van der Waals surface area contributed by atoms with E-state index in [1.807, 2.05) is 11.0 Å². The minimum absolute atomic E-state index is 0.0995. The Morgan fingerprint density at radius 3 is 3.09 bits per heavy atom. The lowest BCUT2D eigenvalue weighted by Crippen LogP contribution is -2.48. The fourth-order valence-corrected chi connectivity index (χ4v) is 3.37. The van der Waals surface area contributed by atoms with Crippen LogP contribution in [0.1, 0.15) is 31.4 Å². The van der Waals surface area contributed by atoms with E-state index in [1.165, 1.54) is 12.1 Å². The summed E-state index contributed by atoms with van der Waals surface area (Å²) in [4.78, 5) is 14.6. The fourth-order valence-electron chi connectivity index (χ4n) is 3.37. The lowest BCUT2D eigenvalue weighted by atomic mass is 9.91. The first-order valence-electron chi connectivity index (χ1n) is 8.02. The van der Waals surface area contributed by atoms with Crippen molar-refractivity contribution in [3.63, 3.8) is 0 Å². The molecule has 0 radical (unpaired) electrons. The van der Waals surface area contributed by atoms with Gasteiger partial charge in [-0.1, -0.05) is 12.1 Å². The first-order valence-corrected chi connectivity index (χ1v) is 8.02. The summed E-state index contributed by atoms with van der Waals surface area (Å²) in [6, 6.07) is 6.84. The van der Waals surface area contributed by atoms with Gasteiger partial charge in [0.2, 0.25) is 5.91 Å². The minimum atomic E-state index is -0.267. The SMILES string of the molecule is C[C@H]1C[C@@H](C(=O)N2CCOC(c3cccc(F)c3)C2)CCN1. The molecule has 3 rings (SSSR count). The van der Waals surface area contributed by atoms with Crippen molar-refractivity contribution in [3.8, 4) is 0 Å². The van der Waals surface area contributed by atoms with Crippen molar-refractivity contribution in [2.45, 2.75) is 31.9 Å². The first kappa shape index (κ1) is 15.4. The standard InChI is InChI=1S/C17H23FN2O2/c1-12-9-14(5-6-19-12)17(21)20-7-8-22-16(11-20)13-3-2-4-15(18)10-13/h2-4,10,12,14,16,19H,5-9,11H2,1H3/t12-,14-,16?/m0/s1. The largest absolute Gasteiger partial charge is 0.370 e. The smallest absolute Gasteiger partial charge is 0.225 e. The van der Waals surface area contributed by atoms with E-state index in [4.69, 9.17) is 4.74 Å². The molecule has 3 atom stereocenters. The molecule has 1 N–H and O–H groups in total. The van der Waals surface area contributed by atoms with Gasteiger partial charge in [-0.2, -0.15) is 0 Å². The third-order valence-electron chi connectivity index (χ3n) is 4.57. The molecule has 0 spiro atoms. The second-order valence-corrected chi connectivity index (χ2v) is 6.28. The average Bonchev–Trinajstić information content (AvgIpc) is 2.54. The molecular weight excluding hydrogens is 283 g/mol. The highest BCUT2D eigenvalue weighted by molar-refractivity contribution is 5.79. The lowest BCUT2D eigenvalue weighted by molar-refractivity contribution is -0.144. The molecule has 2 fully saturated rings. The van der Waals surface area contributed by atoms with Crippen LogP contribution in [-0.4, -0.2) is 43.1 Å². The van der Waals surface area contributed by atoms with Gasteiger partial charge >= 0.3 is 0 Å². The fraction of sp³-hybridized carbons (Fsp3) is 0.588. The first-order chi connectivity index (χ1) is 10.6. The van der Waals surface area contributed by atoms with Gasteiger partial charge in [-0.3, -0.25) is 4.79 Å². The van der Waals surface area contributed by atoms with E-state index >= 15 is 0 Å². The third-order valence-corrected chi connectivity index (χ3v) is 4.57. The summed E-state index contributed by atoms with van der Waals surface area (Å²) < 4.78 is 19.1. The Kier molecular flexibility index (Phi) is 4.74. The molecule has 120 valence electrons. The number of rotatable bonds is 2. The van der Waals surface area contributed by atoms with Gasteiger partial charge in [0.1, 0.15) is 11.9 Å². The molecule has 4 nitrogen and oxygen atoms in total. The van der Waals surface area contributed by atoms with Gasteiger partial charge in [0.05, 0.1) is 13.2 Å². The second-order valence-electron chi connectivity index (χ2n) is 6.28. The zero-order valence-electron chi connectivity index (χ0n) is 12.9. The number of nitrogens with one attached hydrogen (secondary N) is 1. The third kappa shape index (κ3) is 3.47. The number of benzene rings is 1. The molecule has 2 aliphatic rings. The predicted octanol–water partition coefficient (Wildman–Crippen LogP) is 2.11. The number of halogens is 1. The topological polar surface area (TPSA) is 41.6 Å². The molecule has 0 aromatic heterocycles. The lowest BCUT2D eigenvalue weighted by Gasteiger charge is -2.37. The Bertz CT molecular complexity index is 537. The van der Waals surface area contributed by atoms with Crippen molar-refractivity contribution in [1.29, 1.82) is 0 Å². The summed E-state index contributed by atoms with van der Waals surface area (Å²) in [5.41, 5.74) is 0.802. The van der Waals surface area contributed by atoms with Gasteiger partial charge in [0.25, 0.3) is 0 Å². The Balaban J connectivity index is 1.66. The van der Waals surface area contributed by atoms with Crippen molar-refractivity contribution in [2.24, 2.45) is 5.92 Å².